The second-order valence-corrected chi connectivity index (χ2v) is 6.06. The predicted molar refractivity (Wildman–Crippen MR) is 64.4 cm³/mol. The van der Waals surface area contributed by atoms with Crippen molar-refractivity contribution in [2.24, 2.45) is 29.6 Å². The first-order valence-corrected chi connectivity index (χ1v) is 7.10. The molecule has 0 aromatic heterocycles. The van der Waals surface area contributed by atoms with E-state index >= 15 is 0 Å². The molecular weight excluding hydrogens is 216 g/mol. The minimum Gasteiger partial charge on any atom is -0.396 e. The van der Waals surface area contributed by atoms with E-state index in [1.807, 2.05) is 0 Å². The van der Waals surface area contributed by atoms with Crippen LogP contribution in [0.4, 0.5) is 0 Å². The van der Waals surface area contributed by atoms with E-state index in [0.29, 0.717) is 24.4 Å². The molecule has 17 heavy (non-hydrogen) atoms. The molecule has 0 aromatic carbocycles. The highest BCUT2D eigenvalue weighted by atomic mass is 16.7. The number of hydrogen-bond donors (Lipinski definition) is 1. The quantitative estimate of drug-likeness (QED) is 0.802. The molecule has 6 atom stereocenters. The third-order valence-corrected chi connectivity index (χ3v) is 5.44. The van der Waals surface area contributed by atoms with Crippen LogP contribution in [-0.2, 0) is 9.47 Å². The van der Waals surface area contributed by atoms with Crippen molar-refractivity contribution in [1.82, 2.24) is 0 Å². The summed E-state index contributed by atoms with van der Waals surface area (Å²) in [4.78, 5) is 0. The van der Waals surface area contributed by atoms with Crippen molar-refractivity contribution in [1.29, 1.82) is 0 Å². The smallest absolute Gasteiger partial charge is 0.160 e. The lowest BCUT2D eigenvalue weighted by Gasteiger charge is -2.46. The van der Waals surface area contributed by atoms with E-state index in [2.05, 4.69) is 0 Å². The summed E-state index contributed by atoms with van der Waals surface area (Å²) in [6.45, 7) is 1.12. The number of rotatable bonds is 2. The van der Waals surface area contributed by atoms with Crippen molar-refractivity contribution in [3.63, 3.8) is 0 Å². The van der Waals surface area contributed by atoms with E-state index in [1.54, 1.807) is 7.11 Å². The van der Waals surface area contributed by atoms with Crippen LogP contribution in [0.15, 0.2) is 0 Å². The number of aliphatic hydroxyl groups is 1. The lowest BCUT2D eigenvalue weighted by molar-refractivity contribution is -0.120. The van der Waals surface area contributed by atoms with Crippen LogP contribution in [0.25, 0.3) is 0 Å². The Morgan fingerprint density at radius 3 is 2.76 bits per heavy atom. The molecule has 0 bridgehead atoms. The molecule has 2 aliphatic carbocycles. The molecule has 3 aliphatic rings. The van der Waals surface area contributed by atoms with E-state index in [1.165, 1.54) is 32.1 Å². The van der Waals surface area contributed by atoms with Gasteiger partial charge in [-0.3, -0.25) is 0 Å². The predicted octanol–water partition coefficient (Wildman–Crippen LogP) is 2.04. The van der Waals surface area contributed by atoms with Gasteiger partial charge in [-0.15, -0.1) is 0 Å². The molecule has 3 heteroatoms. The van der Waals surface area contributed by atoms with Gasteiger partial charge in [0.15, 0.2) is 6.29 Å². The molecule has 3 fully saturated rings. The molecule has 0 radical (unpaired) electrons. The van der Waals surface area contributed by atoms with Crippen LogP contribution in [0.2, 0.25) is 0 Å². The number of aliphatic hydroxyl groups excluding tert-OH is 1. The van der Waals surface area contributed by atoms with Gasteiger partial charge in [0.1, 0.15) is 0 Å². The fourth-order valence-corrected chi connectivity index (χ4v) is 4.66. The van der Waals surface area contributed by atoms with Crippen molar-refractivity contribution in [3.8, 4) is 0 Å². The largest absolute Gasteiger partial charge is 0.396 e. The maximum absolute atomic E-state index is 9.74. The highest BCUT2D eigenvalue weighted by Gasteiger charge is 2.50. The average Bonchev–Trinajstić information content (AvgIpc) is 2.78. The van der Waals surface area contributed by atoms with Crippen LogP contribution >= 0.6 is 0 Å². The fourth-order valence-electron chi connectivity index (χ4n) is 4.66. The maximum Gasteiger partial charge on any atom is 0.160 e. The van der Waals surface area contributed by atoms with E-state index in [-0.39, 0.29) is 6.29 Å². The topological polar surface area (TPSA) is 38.7 Å². The maximum atomic E-state index is 9.74. The minimum absolute atomic E-state index is 0.0167. The standard InChI is InChI=1S/C14H24O3/c1-16-14-11-6-9-4-2-3-5-10(9)12(7-15)13(11)8-17-14/h9-15H,2-8H2,1H3/t9-,10+,11+,12?,13+,14+/m1/s1. The molecule has 0 amide bonds. The highest BCUT2D eigenvalue weighted by molar-refractivity contribution is 4.96. The molecule has 3 nitrogen and oxygen atoms in total. The Balaban J connectivity index is 1.80. The van der Waals surface area contributed by atoms with Crippen LogP contribution in [0.1, 0.15) is 32.1 Å². The Morgan fingerprint density at radius 2 is 2.00 bits per heavy atom. The summed E-state index contributed by atoms with van der Waals surface area (Å²) >= 11 is 0. The lowest BCUT2D eigenvalue weighted by atomic mass is 9.58. The zero-order chi connectivity index (χ0) is 11.8. The first kappa shape index (κ1) is 11.9. The normalized spacial score (nSPS) is 49.8. The molecular formula is C14H24O3. The van der Waals surface area contributed by atoms with Crippen molar-refractivity contribution in [2.45, 2.75) is 38.4 Å². The Labute approximate surface area is 103 Å². The molecule has 0 aromatic rings. The van der Waals surface area contributed by atoms with Gasteiger partial charge >= 0.3 is 0 Å². The zero-order valence-electron chi connectivity index (χ0n) is 10.7. The SMILES string of the molecule is CO[C@H]1OC[C@@H]2C(CO)[C@H]3CCCC[C@@H]3C[C@H]12. The summed E-state index contributed by atoms with van der Waals surface area (Å²) in [6.07, 6.45) is 6.62. The van der Waals surface area contributed by atoms with Crippen molar-refractivity contribution in [2.75, 3.05) is 20.3 Å². The summed E-state index contributed by atoms with van der Waals surface area (Å²) in [5.41, 5.74) is 0. The first-order valence-electron chi connectivity index (χ1n) is 7.10. The molecule has 0 spiro atoms. The summed E-state index contributed by atoms with van der Waals surface area (Å²) < 4.78 is 11.2. The minimum atomic E-state index is -0.0167. The second kappa shape index (κ2) is 4.87. The zero-order valence-corrected chi connectivity index (χ0v) is 10.7. The Bertz CT molecular complexity index is 268. The van der Waals surface area contributed by atoms with Gasteiger partial charge in [0.2, 0.25) is 0 Å². The van der Waals surface area contributed by atoms with Crippen LogP contribution in [-0.4, -0.2) is 31.7 Å². The number of methoxy groups -OCH3 is 1. The van der Waals surface area contributed by atoms with Gasteiger partial charge in [0, 0.05) is 19.6 Å². The molecule has 1 N–H and O–H groups in total. The molecule has 1 aliphatic heterocycles. The summed E-state index contributed by atoms with van der Waals surface area (Å²) in [5, 5.41) is 9.74. The number of hydrogen-bond acceptors (Lipinski definition) is 3. The van der Waals surface area contributed by atoms with Crippen LogP contribution in [0.5, 0.6) is 0 Å². The fraction of sp³-hybridized carbons (Fsp3) is 1.00. The molecule has 1 saturated heterocycles. The molecule has 1 unspecified atom stereocenters. The van der Waals surface area contributed by atoms with Gasteiger partial charge in [-0.1, -0.05) is 19.3 Å². The highest BCUT2D eigenvalue weighted by Crippen LogP contribution is 2.52. The molecule has 1 heterocycles. The van der Waals surface area contributed by atoms with Gasteiger partial charge in [-0.2, -0.15) is 0 Å². The van der Waals surface area contributed by atoms with Gasteiger partial charge in [0.25, 0.3) is 0 Å². The summed E-state index contributed by atoms with van der Waals surface area (Å²) in [7, 11) is 1.74. The summed E-state index contributed by atoms with van der Waals surface area (Å²) in [6, 6.07) is 0. The average molecular weight is 240 g/mol. The lowest BCUT2D eigenvalue weighted by Crippen LogP contribution is -2.44. The van der Waals surface area contributed by atoms with Gasteiger partial charge in [-0.05, 0) is 36.5 Å². The molecule has 2 saturated carbocycles. The van der Waals surface area contributed by atoms with Gasteiger partial charge in [-0.25, -0.2) is 0 Å². The van der Waals surface area contributed by atoms with E-state index in [4.69, 9.17) is 9.47 Å². The third kappa shape index (κ3) is 1.92. The van der Waals surface area contributed by atoms with Crippen molar-refractivity contribution < 1.29 is 14.6 Å². The Hall–Kier alpha value is -0.120. The number of ether oxygens (including phenoxy) is 2. The third-order valence-electron chi connectivity index (χ3n) is 5.44. The second-order valence-electron chi connectivity index (χ2n) is 6.06. The molecule has 98 valence electrons. The van der Waals surface area contributed by atoms with Crippen LogP contribution in [0, 0.1) is 29.6 Å². The van der Waals surface area contributed by atoms with Crippen LogP contribution in [0.3, 0.4) is 0 Å². The number of fused-ring (bicyclic) bond motifs is 2. The Morgan fingerprint density at radius 1 is 1.18 bits per heavy atom. The van der Waals surface area contributed by atoms with Crippen molar-refractivity contribution in [3.05, 3.63) is 0 Å². The Kier molecular flexibility index (Phi) is 3.42. The van der Waals surface area contributed by atoms with Crippen LogP contribution < -0.4 is 0 Å². The first-order chi connectivity index (χ1) is 8.35. The monoisotopic (exact) mass is 240 g/mol. The van der Waals surface area contributed by atoms with Crippen molar-refractivity contribution >= 4 is 0 Å². The summed E-state index contributed by atoms with van der Waals surface area (Å²) in [5.74, 6) is 3.07. The van der Waals surface area contributed by atoms with E-state index < -0.39 is 0 Å². The van der Waals surface area contributed by atoms with Gasteiger partial charge < -0.3 is 14.6 Å². The van der Waals surface area contributed by atoms with E-state index in [9.17, 15) is 5.11 Å². The van der Waals surface area contributed by atoms with E-state index in [0.717, 1.165) is 18.4 Å². The molecule has 3 rings (SSSR count). The van der Waals surface area contributed by atoms with Gasteiger partial charge in [0.05, 0.1) is 6.61 Å².